The van der Waals surface area contributed by atoms with E-state index in [2.05, 4.69) is 42.1 Å². The van der Waals surface area contributed by atoms with Gasteiger partial charge in [0.15, 0.2) is 11.6 Å². The Balaban J connectivity index is 1.34. The van der Waals surface area contributed by atoms with Crippen LogP contribution in [0.1, 0.15) is 41.9 Å². The third-order valence-electron chi connectivity index (χ3n) is 5.46. The number of hydrogen-bond donors (Lipinski definition) is 0. The Kier molecular flexibility index (Phi) is 5.64. The van der Waals surface area contributed by atoms with E-state index in [1.807, 2.05) is 11.8 Å². The Morgan fingerprint density at radius 3 is 1.93 bits per heavy atom. The van der Waals surface area contributed by atoms with Gasteiger partial charge in [0.1, 0.15) is 5.69 Å². The summed E-state index contributed by atoms with van der Waals surface area (Å²) in [6.45, 7) is 6.76. The van der Waals surface area contributed by atoms with Gasteiger partial charge in [0.25, 0.3) is 5.91 Å². The predicted octanol–water partition coefficient (Wildman–Crippen LogP) is 1.92. The molecule has 2 aromatic heterocycles. The number of aromatic nitrogens is 4. The van der Waals surface area contributed by atoms with Crippen LogP contribution >= 0.6 is 0 Å². The average Bonchev–Trinajstić information content (AvgIpc) is 3.04. The van der Waals surface area contributed by atoms with Crippen LogP contribution in [0.15, 0.2) is 24.5 Å². The highest BCUT2D eigenvalue weighted by Crippen LogP contribution is 2.20. The van der Waals surface area contributed by atoms with Crippen LogP contribution in [0.25, 0.3) is 0 Å². The first kappa shape index (κ1) is 18.6. The molecule has 2 fully saturated rings. The number of aryl methyl sites for hydroxylation is 1. The highest BCUT2D eigenvalue weighted by atomic mass is 16.2. The zero-order chi connectivity index (χ0) is 19.3. The Hall–Kier alpha value is -2.77. The summed E-state index contributed by atoms with van der Waals surface area (Å²) in [4.78, 5) is 27.3. The number of amides is 1. The minimum atomic E-state index is -0.0604. The summed E-state index contributed by atoms with van der Waals surface area (Å²) in [5.74, 6) is 1.79. The Bertz CT molecular complexity index is 777. The summed E-state index contributed by atoms with van der Waals surface area (Å²) >= 11 is 0. The molecule has 0 bridgehead atoms. The van der Waals surface area contributed by atoms with Crippen molar-refractivity contribution in [2.24, 2.45) is 0 Å². The van der Waals surface area contributed by atoms with Crippen LogP contribution in [0.3, 0.4) is 0 Å². The molecule has 0 N–H and O–H groups in total. The van der Waals surface area contributed by atoms with Crippen molar-refractivity contribution in [2.45, 2.75) is 32.6 Å². The first-order valence-electron chi connectivity index (χ1n) is 10.1. The average molecular weight is 381 g/mol. The fraction of sp³-hybridized carbons (Fsp3) is 0.550. The van der Waals surface area contributed by atoms with Crippen molar-refractivity contribution in [2.75, 3.05) is 49.1 Å². The SMILES string of the molecule is Cc1cnc(C(=O)N2CCN(c3ccc(N4CCCCCC4)nn3)CC2)cn1. The zero-order valence-corrected chi connectivity index (χ0v) is 16.4. The maximum Gasteiger partial charge on any atom is 0.274 e. The summed E-state index contributed by atoms with van der Waals surface area (Å²) in [6, 6.07) is 4.13. The van der Waals surface area contributed by atoms with E-state index in [-0.39, 0.29) is 5.91 Å². The lowest BCUT2D eigenvalue weighted by Crippen LogP contribution is -2.49. The van der Waals surface area contributed by atoms with Gasteiger partial charge in [0.2, 0.25) is 0 Å². The van der Waals surface area contributed by atoms with Gasteiger partial charge in [-0.3, -0.25) is 9.78 Å². The Labute approximate surface area is 165 Å². The molecule has 8 heteroatoms. The van der Waals surface area contributed by atoms with E-state index < -0.39 is 0 Å². The van der Waals surface area contributed by atoms with Gasteiger partial charge < -0.3 is 14.7 Å². The van der Waals surface area contributed by atoms with Crippen LogP contribution in [0, 0.1) is 6.92 Å². The van der Waals surface area contributed by atoms with E-state index in [1.165, 1.54) is 25.7 Å². The van der Waals surface area contributed by atoms with Crippen molar-refractivity contribution < 1.29 is 4.79 Å². The minimum absolute atomic E-state index is 0.0604. The first-order valence-corrected chi connectivity index (χ1v) is 10.1. The number of piperazine rings is 1. The van der Waals surface area contributed by atoms with Crippen LogP contribution < -0.4 is 9.80 Å². The van der Waals surface area contributed by atoms with Gasteiger partial charge in [0, 0.05) is 45.5 Å². The summed E-state index contributed by atoms with van der Waals surface area (Å²) in [7, 11) is 0. The fourth-order valence-corrected chi connectivity index (χ4v) is 3.76. The molecule has 0 aromatic carbocycles. The molecule has 0 spiro atoms. The molecule has 2 aliphatic rings. The lowest BCUT2D eigenvalue weighted by Gasteiger charge is -2.35. The molecule has 0 aliphatic carbocycles. The molecule has 0 unspecified atom stereocenters. The van der Waals surface area contributed by atoms with E-state index in [9.17, 15) is 4.79 Å². The number of carbonyl (C=O) groups excluding carboxylic acids is 1. The quantitative estimate of drug-likeness (QED) is 0.804. The molecule has 2 aliphatic heterocycles. The maximum absolute atomic E-state index is 12.6. The summed E-state index contributed by atoms with van der Waals surface area (Å²) in [5, 5.41) is 8.92. The highest BCUT2D eigenvalue weighted by molar-refractivity contribution is 5.92. The van der Waals surface area contributed by atoms with Crippen molar-refractivity contribution in [1.82, 2.24) is 25.1 Å². The van der Waals surface area contributed by atoms with E-state index in [4.69, 9.17) is 0 Å². The van der Waals surface area contributed by atoms with Crippen molar-refractivity contribution in [1.29, 1.82) is 0 Å². The normalized spacial score (nSPS) is 18.1. The van der Waals surface area contributed by atoms with Gasteiger partial charge in [0.05, 0.1) is 11.9 Å². The summed E-state index contributed by atoms with van der Waals surface area (Å²) < 4.78 is 0. The standard InChI is InChI=1S/C20H27N7O/c1-16-14-22-17(15-21-16)20(28)27-12-10-26(11-13-27)19-7-6-18(23-24-19)25-8-4-2-3-5-9-25/h6-7,14-15H,2-5,8-13H2,1H3. The Morgan fingerprint density at radius 2 is 1.39 bits per heavy atom. The van der Waals surface area contributed by atoms with Gasteiger partial charge in [-0.25, -0.2) is 4.98 Å². The molecule has 28 heavy (non-hydrogen) atoms. The third-order valence-corrected chi connectivity index (χ3v) is 5.46. The second-order valence-corrected chi connectivity index (χ2v) is 7.47. The van der Waals surface area contributed by atoms with Gasteiger partial charge in [-0.15, -0.1) is 10.2 Å². The number of hydrogen-bond acceptors (Lipinski definition) is 7. The van der Waals surface area contributed by atoms with Crippen LogP contribution in [0.4, 0.5) is 11.6 Å². The van der Waals surface area contributed by atoms with Gasteiger partial charge >= 0.3 is 0 Å². The van der Waals surface area contributed by atoms with E-state index in [0.29, 0.717) is 18.8 Å². The summed E-state index contributed by atoms with van der Waals surface area (Å²) in [6.07, 6.45) is 8.25. The first-order chi connectivity index (χ1) is 13.7. The molecular weight excluding hydrogens is 354 g/mol. The molecule has 1 amide bonds. The number of nitrogens with zero attached hydrogens (tertiary/aromatic N) is 7. The molecule has 0 atom stereocenters. The minimum Gasteiger partial charge on any atom is -0.355 e. The van der Waals surface area contributed by atoms with E-state index >= 15 is 0 Å². The smallest absolute Gasteiger partial charge is 0.274 e. The Morgan fingerprint density at radius 1 is 0.786 bits per heavy atom. The molecule has 4 heterocycles. The van der Waals surface area contributed by atoms with Crippen molar-refractivity contribution in [3.05, 3.63) is 35.9 Å². The molecular formula is C20H27N7O. The lowest BCUT2D eigenvalue weighted by molar-refractivity contribution is 0.0740. The van der Waals surface area contributed by atoms with Crippen LogP contribution in [0.2, 0.25) is 0 Å². The molecule has 2 saturated heterocycles. The molecule has 148 valence electrons. The predicted molar refractivity (Wildman–Crippen MR) is 108 cm³/mol. The van der Waals surface area contributed by atoms with E-state index in [1.54, 1.807) is 12.4 Å². The van der Waals surface area contributed by atoms with Crippen LogP contribution in [0.5, 0.6) is 0 Å². The van der Waals surface area contributed by atoms with Gasteiger partial charge in [-0.05, 0) is 31.9 Å². The second-order valence-electron chi connectivity index (χ2n) is 7.47. The molecule has 4 rings (SSSR count). The van der Waals surface area contributed by atoms with E-state index in [0.717, 1.165) is 43.5 Å². The monoisotopic (exact) mass is 381 g/mol. The lowest BCUT2D eigenvalue weighted by atomic mass is 10.2. The van der Waals surface area contributed by atoms with Crippen LogP contribution in [-0.4, -0.2) is 70.2 Å². The highest BCUT2D eigenvalue weighted by Gasteiger charge is 2.24. The van der Waals surface area contributed by atoms with Crippen molar-refractivity contribution >= 4 is 17.5 Å². The largest absolute Gasteiger partial charge is 0.355 e. The van der Waals surface area contributed by atoms with Crippen LogP contribution in [-0.2, 0) is 0 Å². The van der Waals surface area contributed by atoms with Crippen molar-refractivity contribution in [3.8, 4) is 0 Å². The molecule has 0 saturated carbocycles. The fourth-order valence-electron chi connectivity index (χ4n) is 3.76. The number of carbonyl (C=O) groups is 1. The topological polar surface area (TPSA) is 78.4 Å². The molecule has 0 radical (unpaired) electrons. The zero-order valence-electron chi connectivity index (χ0n) is 16.4. The summed E-state index contributed by atoms with van der Waals surface area (Å²) in [5.41, 5.74) is 1.21. The number of rotatable bonds is 3. The van der Waals surface area contributed by atoms with Gasteiger partial charge in [-0.1, -0.05) is 12.8 Å². The van der Waals surface area contributed by atoms with Gasteiger partial charge in [-0.2, -0.15) is 0 Å². The molecule has 2 aromatic rings. The third kappa shape index (κ3) is 4.21. The second kappa shape index (κ2) is 8.50. The maximum atomic E-state index is 12.6. The number of anilines is 2. The molecule has 8 nitrogen and oxygen atoms in total. The van der Waals surface area contributed by atoms with Crippen molar-refractivity contribution in [3.63, 3.8) is 0 Å².